The minimum Gasteiger partial charge on any atom is -0.497 e. The van der Waals surface area contributed by atoms with Crippen molar-refractivity contribution >= 4 is 16.1 Å². The monoisotopic (exact) mass is 629 g/mol. The lowest BCUT2D eigenvalue weighted by atomic mass is 9.88. The van der Waals surface area contributed by atoms with Crippen LogP contribution in [0.4, 0.5) is 4.79 Å². The Balaban J connectivity index is 1.22. The summed E-state index contributed by atoms with van der Waals surface area (Å²) in [5, 5.41) is 17.9. The summed E-state index contributed by atoms with van der Waals surface area (Å²) in [5.74, 6) is 1.20. The number of methoxy groups -OCH3 is 1. The van der Waals surface area contributed by atoms with Crippen molar-refractivity contribution in [1.82, 2.24) is 14.9 Å². The van der Waals surface area contributed by atoms with Crippen LogP contribution in [-0.2, 0) is 30.7 Å². The smallest absolute Gasteiger partial charge is 0.407 e. The molecule has 240 valence electrons. The van der Waals surface area contributed by atoms with Gasteiger partial charge in [-0.3, -0.25) is 0 Å². The van der Waals surface area contributed by atoms with E-state index in [2.05, 4.69) is 17.6 Å². The highest BCUT2D eigenvalue weighted by atomic mass is 32.2. The van der Waals surface area contributed by atoms with Crippen LogP contribution in [-0.4, -0.2) is 94.5 Å². The summed E-state index contributed by atoms with van der Waals surface area (Å²) in [4.78, 5) is 13.6. The Morgan fingerprint density at radius 1 is 1.07 bits per heavy atom. The summed E-state index contributed by atoms with van der Waals surface area (Å²) < 4.78 is 52.4. The van der Waals surface area contributed by atoms with Gasteiger partial charge in [-0.2, -0.15) is 4.31 Å². The molecule has 3 N–H and O–H groups in total. The largest absolute Gasteiger partial charge is 0.497 e. The van der Waals surface area contributed by atoms with Crippen molar-refractivity contribution in [2.75, 3.05) is 40.0 Å². The van der Waals surface area contributed by atoms with Crippen molar-refractivity contribution in [3.8, 4) is 5.75 Å². The number of ether oxygens (including phenoxy) is 4. The molecule has 5 unspecified atom stereocenters. The Morgan fingerprint density at radius 3 is 2.43 bits per heavy atom. The van der Waals surface area contributed by atoms with Gasteiger partial charge in [0, 0.05) is 30.3 Å². The van der Waals surface area contributed by atoms with E-state index in [9.17, 15) is 18.3 Å². The van der Waals surface area contributed by atoms with Gasteiger partial charge in [0.2, 0.25) is 10.0 Å². The van der Waals surface area contributed by atoms with Crippen LogP contribution in [0.25, 0.3) is 0 Å². The Bertz CT molecular complexity index is 1370. The molecular formula is C32H43N3O8S. The van der Waals surface area contributed by atoms with Crippen molar-refractivity contribution in [2.24, 2.45) is 23.7 Å². The Morgan fingerprint density at radius 2 is 1.75 bits per heavy atom. The molecule has 3 aliphatic heterocycles. The third kappa shape index (κ3) is 6.33. The van der Waals surface area contributed by atoms with Gasteiger partial charge >= 0.3 is 6.09 Å². The molecule has 6 rings (SSSR count). The molecule has 8 atom stereocenters. The number of sulfonamides is 1. The minimum absolute atomic E-state index is 0.0655. The third-order valence-corrected chi connectivity index (χ3v) is 11.8. The van der Waals surface area contributed by atoms with E-state index in [1.807, 2.05) is 30.3 Å². The molecule has 0 spiro atoms. The minimum atomic E-state index is -3.98. The number of aliphatic hydroxyl groups excluding tert-OH is 1. The lowest BCUT2D eigenvalue weighted by molar-refractivity contribution is -0.183. The first-order valence-electron chi connectivity index (χ1n) is 15.5. The van der Waals surface area contributed by atoms with E-state index < -0.39 is 28.3 Å². The fourth-order valence-electron chi connectivity index (χ4n) is 7.46. The van der Waals surface area contributed by atoms with E-state index in [4.69, 9.17) is 18.9 Å². The first-order chi connectivity index (χ1) is 21.3. The second kappa shape index (κ2) is 13.3. The van der Waals surface area contributed by atoms with E-state index >= 15 is 0 Å². The van der Waals surface area contributed by atoms with Crippen LogP contribution in [0.2, 0.25) is 0 Å². The summed E-state index contributed by atoms with van der Waals surface area (Å²) in [5.41, 5.74) is 0.897. The number of alkyl carbamates (subject to hydrolysis) is 1. The van der Waals surface area contributed by atoms with E-state index in [-0.39, 0.29) is 47.6 Å². The zero-order valence-electron chi connectivity index (χ0n) is 25.2. The lowest BCUT2D eigenvalue weighted by Crippen LogP contribution is -2.54. The summed E-state index contributed by atoms with van der Waals surface area (Å²) in [6.45, 7) is 4.28. The highest BCUT2D eigenvalue weighted by Crippen LogP contribution is 2.52. The number of piperidine rings is 1. The molecule has 4 fully saturated rings. The molecule has 3 heterocycles. The quantitative estimate of drug-likeness (QED) is 0.342. The van der Waals surface area contributed by atoms with E-state index in [0.717, 1.165) is 5.56 Å². The molecule has 4 aliphatic rings. The maximum Gasteiger partial charge on any atom is 0.407 e. The van der Waals surface area contributed by atoms with Gasteiger partial charge in [-0.05, 0) is 68.1 Å². The molecule has 0 radical (unpaired) electrons. The molecule has 12 heteroatoms. The number of benzene rings is 2. The van der Waals surface area contributed by atoms with Gasteiger partial charge < -0.3 is 34.7 Å². The van der Waals surface area contributed by atoms with Crippen LogP contribution in [0.3, 0.4) is 0 Å². The first-order valence-corrected chi connectivity index (χ1v) is 17.0. The van der Waals surface area contributed by atoms with Gasteiger partial charge in [0.05, 0.1) is 37.4 Å². The van der Waals surface area contributed by atoms with Crippen molar-refractivity contribution < 1.29 is 37.3 Å². The highest BCUT2D eigenvalue weighted by Gasteiger charge is 2.60. The lowest BCUT2D eigenvalue weighted by Gasteiger charge is -2.36. The number of hydrogen-bond acceptors (Lipinski definition) is 9. The molecule has 1 amide bonds. The zero-order valence-corrected chi connectivity index (χ0v) is 26.0. The average Bonchev–Trinajstić information content (AvgIpc) is 3.53. The maximum atomic E-state index is 14.0. The molecule has 44 heavy (non-hydrogen) atoms. The van der Waals surface area contributed by atoms with Crippen LogP contribution in [0, 0.1) is 23.7 Å². The second-order valence-corrected chi connectivity index (χ2v) is 14.3. The van der Waals surface area contributed by atoms with Gasteiger partial charge in [-0.25, -0.2) is 13.2 Å². The molecule has 11 nitrogen and oxygen atoms in total. The molecule has 1 aliphatic carbocycles. The predicted octanol–water partition coefficient (Wildman–Crippen LogP) is 2.39. The maximum absolute atomic E-state index is 14.0. The number of rotatable bonds is 11. The van der Waals surface area contributed by atoms with Gasteiger partial charge in [0.1, 0.15) is 11.9 Å². The standard InChI is InChI=1S/C32H43N3O8S/c1-20-25-18-41-31-29(20)26(19-42-31)30(25)43-32(37)34-27(16-21-6-4-3-5-7-21)28(36)17-35(22-12-14-33-15-13-22)44(38,39)24-10-8-23(40-2)9-11-24/h3-11,20,22,25-31,33,36H,12-19H2,1-2H3,(H,34,37)/t20-,25?,26?,27-,28+,29?,30?,31?/m0/s1. The molecule has 2 aromatic rings. The number of aliphatic hydroxyl groups is 1. The van der Waals surface area contributed by atoms with E-state index in [1.165, 1.54) is 23.5 Å². The summed E-state index contributed by atoms with van der Waals surface area (Å²) >= 11 is 0. The summed E-state index contributed by atoms with van der Waals surface area (Å²) in [7, 11) is -2.45. The van der Waals surface area contributed by atoms with Crippen LogP contribution in [0.1, 0.15) is 25.3 Å². The molecule has 1 saturated carbocycles. The summed E-state index contributed by atoms with van der Waals surface area (Å²) in [6, 6.07) is 14.7. The number of nitrogens with zero attached hydrogens (tertiary/aromatic N) is 1. The molecular weight excluding hydrogens is 586 g/mol. The number of carbonyl (C=O) groups excluding carboxylic acids is 1. The van der Waals surface area contributed by atoms with E-state index in [1.54, 1.807) is 12.1 Å². The second-order valence-electron chi connectivity index (χ2n) is 12.4. The Hall–Kier alpha value is -2.74. The van der Waals surface area contributed by atoms with Crippen LogP contribution < -0.4 is 15.4 Å². The number of amides is 1. The Kier molecular flexibility index (Phi) is 9.46. The Labute approximate surface area is 259 Å². The third-order valence-electron chi connectivity index (χ3n) is 9.90. The summed E-state index contributed by atoms with van der Waals surface area (Å²) in [6.07, 6.45) is -0.932. The van der Waals surface area contributed by atoms with Crippen molar-refractivity contribution in [2.45, 2.75) is 61.7 Å². The van der Waals surface area contributed by atoms with Gasteiger partial charge in [0.15, 0.2) is 6.29 Å². The van der Waals surface area contributed by atoms with Gasteiger partial charge in [-0.1, -0.05) is 37.3 Å². The van der Waals surface area contributed by atoms with Gasteiger partial charge in [0.25, 0.3) is 0 Å². The first kappa shape index (κ1) is 31.3. The average molecular weight is 630 g/mol. The number of hydrogen-bond donors (Lipinski definition) is 3. The fourth-order valence-corrected chi connectivity index (χ4v) is 9.17. The zero-order chi connectivity index (χ0) is 30.8. The van der Waals surface area contributed by atoms with Crippen molar-refractivity contribution in [3.63, 3.8) is 0 Å². The van der Waals surface area contributed by atoms with Crippen LogP contribution >= 0.6 is 0 Å². The normalized spacial score (nSPS) is 29.7. The molecule has 2 bridgehead atoms. The van der Waals surface area contributed by atoms with Crippen molar-refractivity contribution in [1.29, 1.82) is 0 Å². The number of nitrogens with one attached hydrogen (secondary N) is 2. The van der Waals surface area contributed by atoms with Crippen LogP contribution in [0.15, 0.2) is 59.5 Å². The number of fused-ring (bicyclic) bond motifs is 1. The SMILES string of the molecule is COc1ccc(S(=O)(=O)N(C[C@@H](O)[C@H](Cc2ccccc2)NC(=O)OC2C3COC4OCC2[C@H](C)C43)C2CCNCC2)cc1. The predicted molar refractivity (Wildman–Crippen MR) is 161 cm³/mol. The number of carbonyl (C=O) groups is 1. The topological polar surface area (TPSA) is 136 Å². The van der Waals surface area contributed by atoms with Crippen LogP contribution in [0.5, 0.6) is 5.75 Å². The van der Waals surface area contributed by atoms with E-state index in [0.29, 0.717) is 57.2 Å². The van der Waals surface area contributed by atoms with Crippen molar-refractivity contribution in [3.05, 3.63) is 60.2 Å². The fraction of sp³-hybridized carbons (Fsp3) is 0.594. The molecule has 2 aromatic carbocycles. The molecule has 0 aromatic heterocycles. The van der Waals surface area contributed by atoms with Gasteiger partial charge in [-0.15, -0.1) is 0 Å². The molecule has 3 saturated heterocycles. The highest BCUT2D eigenvalue weighted by molar-refractivity contribution is 7.89.